The van der Waals surface area contributed by atoms with Gasteiger partial charge in [-0.2, -0.15) is 5.10 Å². The van der Waals surface area contributed by atoms with Gasteiger partial charge in [-0.3, -0.25) is 9.78 Å². The third kappa shape index (κ3) is 3.74. The van der Waals surface area contributed by atoms with E-state index in [0.717, 1.165) is 23.4 Å². The molecular formula is C15H17N3OS. The summed E-state index contributed by atoms with van der Waals surface area (Å²) in [5, 5.41) is 4.28. The van der Waals surface area contributed by atoms with Gasteiger partial charge in [-0.25, -0.2) is 5.43 Å². The summed E-state index contributed by atoms with van der Waals surface area (Å²) >= 11 is 1.69. The maximum Gasteiger partial charge on any atom is 0.271 e. The number of hydrogen-bond acceptors (Lipinski definition) is 4. The molecule has 2 heterocycles. The van der Waals surface area contributed by atoms with Crippen LogP contribution in [0, 0.1) is 6.92 Å². The molecular weight excluding hydrogens is 270 g/mol. The number of carbonyl (C=O) groups is 1. The number of hydrogen-bond donors (Lipinski definition) is 1. The van der Waals surface area contributed by atoms with Crippen molar-refractivity contribution in [3.63, 3.8) is 0 Å². The van der Waals surface area contributed by atoms with E-state index in [1.807, 2.05) is 6.07 Å². The number of thiophene rings is 1. The van der Waals surface area contributed by atoms with Crippen molar-refractivity contribution in [3.05, 3.63) is 52.0 Å². The Morgan fingerprint density at radius 1 is 1.30 bits per heavy atom. The standard InChI is InChI=1S/C15H17N3OS/c1-3-4-13(14-6-5-11(2)20-14)17-18-15(19)12-7-9-16-10-8-12/h5-10H,3-4H2,1-2H3,(H,18,19). The third-order valence-electron chi connectivity index (χ3n) is 2.75. The second-order valence-corrected chi connectivity index (χ2v) is 5.68. The maximum absolute atomic E-state index is 11.9. The molecule has 0 aliphatic carbocycles. The highest BCUT2D eigenvalue weighted by Crippen LogP contribution is 2.18. The van der Waals surface area contributed by atoms with Gasteiger partial charge in [-0.15, -0.1) is 11.3 Å². The Hall–Kier alpha value is -2.01. The van der Waals surface area contributed by atoms with Crippen LogP contribution in [0.15, 0.2) is 41.8 Å². The van der Waals surface area contributed by atoms with Crippen LogP contribution in [-0.4, -0.2) is 16.6 Å². The highest BCUT2D eigenvalue weighted by molar-refractivity contribution is 7.14. The molecule has 0 aliphatic heterocycles. The summed E-state index contributed by atoms with van der Waals surface area (Å²) in [4.78, 5) is 18.2. The number of carbonyl (C=O) groups excluding carboxylic acids is 1. The second-order valence-electron chi connectivity index (χ2n) is 4.40. The van der Waals surface area contributed by atoms with Gasteiger partial charge in [0.05, 0.1) is 10.6 Å². The highest BCUT2D eigenvalue weighted by Gasteiger charge is 2.08. The predicted molar refractivity (Wildman–Crippen MR) is 82.2 cm³/mol. The molecule has 0 bridgehead atoms. The molecule has 1 N–H and O–H groups in total. The molecule has 0 aliphatic rings. The molecule has 0 aromatic carbocycles. The molecule has 2 aromatic heterocycles. The molecule has 20 heavy (non-hydrogen) atoms. The van der Waals surface area contributed by atoms with Gasteiger partial charge < -0.3 is 0 Å². The Balaban J connectivity index is 2.12. The number of nitrogens with zero attached hydrogens (tertiary/aromatic N) is 2. The van der Waals surface area contributed by atoms with Gasteiger partial charge in [0.15, 0.2) is 0 Å². The number of rotatable bonds is 5. The summed E-state index contributed by atoms with van der Waals surface area (Å²) in [6.45, 7) is 4.16. The number of aromatic nitrogens is 1. The Morgan fingerprint density at radius 2 is 2.05 bits per heavy atom. The molecule has 2 rings (SSSR count). The van der Waals surface area contributed by atoms with E-state index in [4.69, 9.17) is 0 Å². The summed E-state index contributed by atoms with van der Waals surface area (Å²) in [5.41, 5.74) is 4.10. The first-order chi connectivity index (χ1) is 9.70. The maximum atomic E-state index is 11.9. The molecule has 0 saturated carbocycles. The fourth-order valence-electron chi connectivity index (χ4n) is 1.75. The third-order valence-corrected chi connectivity index (χ3v) is 3.80. The van der Waals surface area contributed by atoms with Crippen molar-refractivity contribution in [2.75, 3.05) is 0 Å². The van der Waals surface area contributed by atoms with Crippen LogP contribution < -0.4 is 5.43 Å². The Morgan fingerprint density at radius 3 is 2.65 bits per heavy atom. The molecule has 104 valence electrons. The summed E-state index contributed by atoms with van der Waals surface area (Å²) < 4.78 is 0. The SMILES string of the molecule is CCCC(=NNC(=O)c1ccncc1)c1ccc(C)s1. The topological polar surface area (TPSA) is 54.4 Å². The van der Waals surface area contributed by atoms with Crippen molar-refractivity contribution < 1.29 is 4.79 Å². The molecule has 1 amide bonds. The minimum absolute atomic E-state index is 0.214. The minimum atomic E-state index is -0.214. The lowest BCUT2D eigenvalue weighted by atomic mass is 10.2. The summed E-state index contributed by atoms with van der Waals surface area (Å²) in [6, 6.07) is 7.45. The van der Waals surface area contributed by atoms with Gasteiger partial charge in [0.2, 0.25) is 0 Å². The van der Waals surface area contributed by atoms with Crippen molar-refractivity contribution >= 4 is 23.0 Å². The number of nitrogens with one attached hydrogen (secondary N) is 1. The highest BCUT2D eigenvalue weighted by atomic mass is 32.1. The predicted octanol–water partition coefficient (Wildman–Crippen LogP) is 3.39. The van der Waals surface area contributed by atoms with E-state index >= 15 is 0 Å². The van der Waals surface area contributed by atoms with Gasteiger partial charge in [0.25, 0.3) is 5.91 Å². The van der Waals surface area contributed by atoms with Crippen LogP contribution in [-0.2, 0) is 0 Å². The minimum Gasteiger partial charge on any atom is -0.267 e. The fourth-order valence-corrected chi connectivity index (χ4v) is 2.63. The van der Waals surface area contributed by atoms with Crippen LogP contribution in [0.2, 0.25) is 0 Å². The first-order valence-corrected chi connectivity index (χ1v) is 7.36. The molecule has 0 fully saturated rings. The van der Waals surface area contributed by atoms with Crippen molar-refractivity contribution in [1.29, 1.82) is 0 Å². The molecule has 0 radical (unpaired) electrons. The lowest BCUT2D eigenvalue weighted by Gasteiger charge is -2.04. The second kappa shape index (κ2) is 6.96. The Labute approximate surface area is 122 Å². The van der Waals surface area contributed by atoms with Crippen molar-refractivity contribution in [3.8, 4) is 0 Å². The quantitative estimate of drug-likeness (QED) is 0.677. The molecule has 0 atom stereocenters. The van der Waals surface area contributed by atoms with Crippen molar-refractivity contribution in [2.45, 2.75) is 26.7 Å². The summed E-state index contributed by atoms with van der Waals surface area (Å²) in [7, 11) is 0. The largest absolute Gasteiger partial charge is 0.271 e. The molecule has 2 aromatic rings. The van der Waals surface area contributed by atoms with Crippen molar-refractivity contribution in [2.24, 2.45) is 5.10 Å². The van der Waals surface area contributed by atoms with E-state index in [0.29, 0.717) is 5.56 Å². The van der Waals surface area contributed by atoms with E-state index in [9.17, 15) is 4.79 Å². The number of hydrazone groups is 1. The average Bonchev–Trinajstić information content (AvgIpc) is 2.90. The van der Waals surface area contributed by atoms with Crippen LogP contribution in [0.4, 0.5) is 0 Å². The van der Waals surface area contributed by atoms with Gasteiger partial charge in [-0.05, 0) is 37.6 Å². The zero-order chi connectivity index (χ0) is 14.4. The lowest BCUT2D eigenvalue weighted by Crippen LogP contribution is -2.19. The van der Waals surface area contributed by atoms with E-state index in [2.05, 4.69) is 35.4 Å². The number of aryl methyl sites for hydroxylation is 1. The van der Waals surface area contributed by atoms with E-state index in [-0.39, 0.29) is 5.91 Å². The fraction of sp³-hybridized carbons (Fsp3) is 0.267. The van der Waals surface area contributed by atoms with Crippen LogP contribution >= 0.6 is 11.3 Å². The average molecular weight is 287 g/mol. The molecule has 5 heteroatoms. The molecule has 0 saturated heterocycles. The van der Waals surface area contributed by atoms with Gasteiger partial charge in [-0.1, -0.05) is 13.3 Å². The monoisotopic (exact) mass is 287 g/mol. The first kappa shape index (κ1) is 14.4. The van der Waals surface area contributed by atoms with E-state index in [1.165, 1.54) is 4.88 Å². The Kier molecular flexibility index (Phi) is 5.01. The van der Waals surface area contributed by atoms with Crippen LogP contribution in [0.3, 0.4) is 0 Å². The van der Waals surface area contributed by atoms with Crippen LogP contribution in [0.5, 0.6) is 0 Å². The van der Waals surface area contributed by atoms with E-state index < -0.39 is 0 Å². The van der Waals surface area contributed by atoms with Gasteiger partial charge >= 0.3 is 0 Å². The van der Waals surface area contributed by atoms with Crippen LogP contribution in [0.25, 0.3) is 0 Å². The normalized spacial score (nSPS) is 11.4. The smallest absolute Gasteiger partial charge is 0.267 e. The lowest BCUT2D eigenvalue weighted by molar-refractivity contribution is 0.0954. The van der Waals surface area contributed by atoms with Gasteiger partial charge in [0.1, 0.15) is 0 Å². The zero-order valence-corrected chi connectivity index (χ0v) is 12.4. The molecule has 0 unspecified atom stereocenters. The number of amides is 1. The van der Waals surface area contributed by atoms with Crippen molar-refractivity contribution in [1.82, 2.24) is 10.4 Å². The van der Waals surface area contributed by atoms with E-state index in [1.54, 1.807) is 35.9 Å². The first-order valence-electron chi connectivity index (χ1n) is 6.54. The number of pyridine rings is 1. The Bertz CT molecular complexity index is 605. The summed E-state index contributed by atoms with van der Waals surface area (Å²) in [6.07, 6.45) is 5.01. The molecule has 0 spiro atoms. The van der Waals surface area contributed by atoms with Crippen LogP contribution in [0.1, 0.15) is 39.9 Å². The van der Waals surface area contributed by atoms with Gasteiger partial charge in [0, 0.05) is 22.8 Å². The molecule has 4 nitrogen and oxygen atoms in total. The summed E-state index contributed by atoms with van der Waals surface area (Å²) in [5.74, 6) is -0.214. The zero-order valence-electron chi connectivity index (χ0n) is 11.6.